The van der Waals surface area contributed by atoms with E-state index in [1.807, 2.05) is 42.5 Å². The van der Waals surface area contributed by atoms with E-state index in [-0.39, 0.29) is 18.5 Å². The first-order valence-corrected chi connectivity index (χ1v) is 9.41. The molecule has 1 N–H and O–H groups in total. The van der Waals surface area contributed by atoms with E-state index in [1.54, 1.807) is 26.1 Å². The Balaban J connectivity index is 2.00. The summed E-state index contributed by atoms with van der Waals surface area (Å²) in [5.41, 5.74) is 1.43. The molecule has 0 saturated heterocycles. The van der Waals surface area contributed by atoms with Crippen molar-refractivity contribution in [2.24, 2.45) is 0 Å². The van der Waals surface area contributed by atoms with Crippen molar-refractivity contribution in [2.75, 3.05) is 19.5 Å². The summed E-state index contributed by atoms with van der Waals surface area (Å²) in [7, 11) is 1.57. The van der Waals surface area contributed by atoms with Gasteiger partial charge in [-0.25, -0.2) is 9.59 Å². The van der Waals surface area contributed by atoms with Crippen LogP contribution in [0.3, 0.4) is 0 Å². The number of hydrogen-bond donors (Lipinski definition) is 1. The predicted molar refractivity (Wildman–Crippen MR) is 106 cm³/mol. The molecule has 0 saturated carbocycles. The average Bonchev–Trinajstić information content (AvgIpc) is 2.70. The van der Waals surface area contributed by atoms with Gasteiger partial charge in [-0.2, -0.15) is 0 Å². The van der Waals surface area contributed by atoms with Gasteiger partial charge in [0.05, 0.1) is 24.1 Å². The molecule has 146 valence electrons. The van der Waals surface area contributed by atoms with Crippen LogP contribution in [-0.4, -0.2) is 36.4 Å². The molecule has 28 heavy (non-hydrogen) atoms. The van der Waals surface area contributed by atoms with Crippen LogP contribution in [-0.2, 0) is 9.53 Å². The van der Waals surface area contributed by atoms with Crippen LogP contribution in [0, 0.1) is 0 Å². The number of nitrogens with one attached hydrogen (secondary N) is 1. The predicted octanol–water partition coefficient (Wildman–Crippen LogP) is 4.23. The third kappa shape index (κ3) is 4.12. The molecular formula is C21H21ClN2O4. The molecule has 1 heterocycles. The van der Waals surface area contributed by atoms with Crippen molar-refractivity contribution >= 4 is 23.6 Å². The van der Waals surface area contributed by atoms with Crippen LogP contribution in [0.15, 0.2) is 65.9 Å². The van der Waals surface area contributed by atoms with Gasteiger partial charge in [-0.1, -0.05) is 30.3 Å². The first-order chi connectivity index (χ1) is 13.5. The summed E-state index contributed by atoms with van der Waals surface area (Å²) < 4.78 is 11.1. The largest absolute Gasteiger partial charge is 0.463 e. The molecule has 6 nitrogen and oxygen atoms in total. The number of rotatable bonds is 6. The van der Waals surface area contributed by atoms with Gasteiger partial charge in [0.1, 0.15) is 11.5 Å². The zero-order valence-corrected chi connectivity index (χ0v) is 16.4. The highest BCUT2D eigenvalue weighted by molar-refractivity contribution is 6.20. The molecule has 0 radical (unpaired) electrons. The standard InChI is InChI=1S/C21H21ClN2O4/c1-3-27-20(25)18-17(13-22)24(2)21(26)23-19(18)14-8-7-11-16(12-14)28-15-9-5-4-6-10-15/h4-12,19H,3,13H2,1-2H3,(H,23,26). The number of amides is 2. The van der Waals surface area contributed by atoms with Gasteiger partial charge < -0.3 is 14.8 Å². The fourth-order valence-corrected chi connectivity index (χ4v) is 3.32. The summed E-state index contributed by atoms with van der Waals surface area (Å²) in [4.78, 5) is 26.4. The Kier molecular flexibility index (Phi) is 6.21. The van der Waals surface area contributed by atoms with Crippen molar-refractivity contribution in [3.63, 3.8) is 0 Å². The number of ether oxygens (including phenoxy) is 2. The van der Waals surface area contributed by atoms with E-state index in [2.05, 4.69) is 5.32 Å². The van der Waals surface area contributed by atoms with Gasteiger partial charge in [-0.05, 0) is 36.8 Å². The van der Waals surface area contributed by atoms with Crippen LogP contribution >= 0.6 is 11.6 Å². The topological polar surface area (TPSA) is 67.9 Å². The number of urea groups is 1. The molecule has 0 bridgehead atoms. The van der Waals surface area contributed by atoms with Crippen molar-refractivity contribution in [3.05, 3.63) is 71.4 Å². The molecule has 2 aromatic rings. The molecule has 3 rings (SSSR count). The van der Waals surface area contributed by atoms with E-state index >= 15 is 0 Å². The molecular weight excluding hydrogens is 380 g/mol. The number of nitrogens with zero attached hydrogens (tertiary/aromatic N) is 1. The zero-order valence-electron chi connectivity index (χ0n) is 15.6. The van der Waals surface area contributed by atoms with Gasteiger partial charge in [0.15, 0.2) is 0 Å². The maximum atomic E-state index is 12.6. The fraction of sp³-hybridized carbons (Fsp3) is 0.238. The lowest BCUT2D eigenvalue weighted by Gasteiger charge is -2.34. The Labute approximate surface area is 168 Å². The Bertz CT molecular complexity index is 898. The van der Waals surface area contributed by atoms with Gasteiger partial charge in [-0.15, -0.1) is 11.6 Å². The number of para-hydroxylation sites is 1. The lowest BCUT2D eigenvalue weighted by molar-refractivity contribution is -0.139. The summed E-state index contributed by atoms with van der Waals surface area (Å²) in [5.74, 6) is 0.779. The Morgan fingerprint density at radius 2 is 1.86 bits per heavy atom. The second kappa shape index (κ2) is 8.80. The Morgan fingerprint density at radius 1 is 1.14 bits per heavy atom. The SMILES string of the molecule is CCOC(=O)C1=C(CCl)N(C)C(=O)NC1c1cccc(Oc2ccccc2)c1. The second-order valence-electron chi connectivity index (χ2n) is 6.14. The van der Waals surface area contributed by atoms with Crippen LogP contribution in [0.25, 0.3) is 0 Å². The van der Waals surface area contributed by atoms with Gasteiger partial charge in [-0.3, -0.25) is 4.90 Å². The lowest BCUT2D eigenvalue weighted by atomic mass is 9.95. The molecule has 0 aromatic heterocycles. The Hall–Kier alpha value is -2.99. The molecule has 1 aliphatic rings. The van der Waals surface area contributed by atoms with E-state index in [0.717, 1.165) is 0 Å². The zero-order chi connectivity index (χ0) is 20.1. The van der Waals surface area contributed by atoms with Crippen LogP contribution in [0.2, 0.25) is 0 Å². The van der Waals surface area contributed by atoms with E-state index in [1.165, 1.54) is 4.90 Å². The summed E-state index contributed by atoms with van der Waals surface area (Å²) in [6.07, 6.45) is 0. The fourth-order valence-electron chi connectivity index (χ4n) is 3.00. The van der Waals surface area contributed by atoms with Crippen molar-refractivity contribution < 1.29 is 19.1 Å². The summed E-state index contributed by atoms with van der Waals surface area (Å²) >= 11 is 6.06. The second-order valence-corrected chi connectivity index (χ2v) is 6.41. The first kappa shape index (κ1) is 19.8. The molecule has 0 aliphatic carbocycles. The van der Waals surface area contributed by atoms with Crippen molar-refractivity contribution in [1.29, 1.82) is 0 Å². The number of alkyl halides is 1. The minimum absolute atomic E-state index is 0.00870. The van der Waals surface area contributed by atoms with Gasteiger partial charge >= 0.3 is 12.0 Å². The molecule has 2 aromatic carbocycles. The van der Waals surface area contributed by atoms with Crippen LogP contribution in [0.4, 0.5) is 4.79 Å². The monoisotopic (exact) mass is 400 g/mol. The minimum atomic E-state index is -0.684. The molecule has 1 atom stereocenters. The summed E-state index contributed by atoms with van der Waals surface area (Å²) in [5, 5.41) is 2.84. The highest BCUT2D eigenvalue weighted by atomic mass is 35.5. The third-order valence-electron chi connectivity index (χ3n) is 4.37. The maximum Gasteiger partial charge on any atom is 0.338 e. The number of allylic oxidation sites excluding steroid dienone is 1. The highest BCUT2D eigenvalue weighted by Crippen LogP contribution is 2.33. The van der Waals surface area contributed by atoms with E-state index < -0.39 is 12.0 Å². The molecule has 0 fully saturated rings. The van der Waals surface area contributed by atoms with Gasteiger partial charge in [0.25, 0.3) is 0 Å². The smallest absolute Gasteiger partial charge is 0.338 e. The number of esters is 1. The van der Waals surface area contributed by atoms with Crippen molar-refractivity contribution in [3.8, 4) is 11.5 Å². The third-order valence-corrected chi connectivity index (χ3v) is 4.62. The molecule has 1 unspecified atom stereocenters. The average molecular weight is 401 g/mol. The quantitative estimate of drug-likeness (QED) is 0.582. The number of carbonyl (C=O) groups excluding carboxylic acids is 2. The molecule has 1 aliphatic heterocycles. The highest BCUT2D eigenvalue weighted by Gasteiger charge is 2.36. The van der Waals surface area contributed by atoms with Crippen LogP contribution in [0.5, 0.6) is 11.5 Å². The summed E-state index contributed by atoms with van der Waals surface area (Å²) in [6.45, 7) is 1.95. The lowest BCUT2D eigenvalue weighted by Crippen LogP contribution is -2.47. The number of hydrogen-bond acceptors (Lipinski definition) is 4. The maximum absolute atomic E-state index is 12.6. The first-order valence-electron chi connectivity index (χ1n) is 8.88. The van der Waals surface area contributed by atoms with E-state index in [9.17, 15) is 9.59 Å². The van der Waals surface area contributed by atoms with Crippen LogP contribution in [0.1, 0.15) is 18.5 Å². The van der Waals surface area contributed by atoms with Crippen LogP contribution < -0.4 is 10.1 Å². The van der Waals surface area contributed by atoms with Crippen molar-refractivity contribution in [2.45, 2.75) is 13.0 Å². The molecule has 0 spiro atoms. The summed E-state index contributed by atoms with van der Waals surface area (Å²) in [6, 6.07) is 15.5. The number of halogens is 1. The normalized spacial score (nSPS) is 16.6. The van der Waals surface area contributed by atoms with Gasteiger partial charge in [0, 0.05) is 12.7 Å². The molecule has 7 heteroatoms. The Morgan fingerprint density at radius 3 is 2.54 bits per heavy atom. The van der Waals surface area contributed by atoms with E-state index in [4.69, 9.17) is 21.1 Å². The number of carbonyl (C=O) groups is 2. The van der Waals surface area contributed by atoms with E-state index in [0.29, 0.717) is 28.3 Å². The van der Waals surface area contributed by atoms with Crippen molar-refractivity contribution in [1.82, 2.24) is 10.2 Å². The minimum Gasteiger partial charge on any atom is -0.463 e. The number of benzene rings is 2. The molecule has 2 amide bonds. The van der Waals surface area contributed by atoms with Gasteiger partial charge in [0.2, 0.25) is 0 Å².